The molecule has 0 atom stereocenters. The molecule has 0 aliphatic heterocycles. The summed E-state index contributed by atoms with van der Waals surface area (Å²) < 4.78 is 0. The van der Waals surface area contributed by atoms with Crippen LogP contribution in [-0.2, 0) is 6.42 Å². The number of para-hydroxylation sites is 1. The number of hydrogen-bond donors (Lipinski definition) is 1. The van der Waals surface area contributed by atoms with Gasteiger partial charge in [0.15, 0.2) is 0 Å². The Hall–Kier alpha value is -1.09. The van der Waals surface area contributed by atoms with Crippen molar-refractivity contribution < 1.29 is 0 Å². The van der Waals surface area contributed by atoms with Crippen LogP contribution in [0, 0.1) is 0 Å². The Morgan fingerprint density at radius 3 is 2.81 bits per heavy atom. The van der Waals surface area contributed by atoms with Gasteiger partial charge >= 0.3 is 0 Å². The number of pyridine rings is 1. The van der Waals surface area contributed by atoms with Crippen LogP contribution in [0.25, 0.3) is 10.9 Å². The largest absolute Gasteiger partial charge is 0.322 e. The van der Waals surface area contributed by atoms with Gasteiger partial charge in [0.05, 0.1) is 0 Å². The third-order valence-corrected chi connectivity index (χ3v) is 3.23. The molecule has 16 heavy (non-hydrogen) atoms. The summed E-state index contributed by atoms with van der Waals surface area (Å²) in [5.41, 5.74) is 2.08. The number of benzene rings is 1. The minimum Gasteiger partial charge on any atom is -0.322 e. The molecular formula is C13H14BrNO. The van der Waals surface area contributed by atoms with Crippen molar-refractivity contribution in [2.45, 2.75) is 19.3 Å². The molecule has 0 aliphatic rings. The predicted molar refractivity (Wildman–Crippen MR) is 71.3 cm³/mol. The Labute approximate surface area is 103 Å². The molecule has 1 heterocycles. The highest BCUT2D eigenvalue weighted by molar-refractivity contribution is 9.09. The Morgan fingerprint density at radius 1 is 1.19 bits per heavy atom. The molecule has 0 unspecified atom stereocenters. The minimum atomic E-state index is -0.00691. The van der Waals surface area contributed by atoms with Crippen molar-refractivity contribution >= 4 is 26.8 Å². The van der Waals surface area contributed by atoms with E-state index in [0.717, 1.165) is 41.1 Å². The summed E-state index contributed by atoms with van der Waals surface area (Å²) in [5, 5.41) is 2.19. The number of H-pyrrole nitrogens is 1. The Morgan fingerprint density at radius 2 is 2.00 bits per heavy atom. The SMILES string of the molecule is O=c1cc(CCCCBr)c2ccccc2[nH]1. The summed E-state index contributed by atoms with van der Waals surface area (Å²) in [6.45, 7) is 0. The van der Waals surface area contributed by atoms with Gasteiger partial charge in [-0.05, 0) is 30.9 Å². The molecule has 0 radical (unpaired) electrons. The summed E-state index contributed by atoms with van der Waals surface area (Å²) in [6.07, 6.45) is 3.22. The Bertz CT molecular complexity index is 533. The fourth-order valence-corrected chi connectivity index (χ4v) is 2.29. The first kappa shape index (κ1) is 11.4. The van der Waals surface area contributed by atoms with Gasteiger partial charge in [-0.25, -0.2) is 0 Å². The van der Waals surface area contributed by atoms with E-state index in [-0.39, 0.29) is 5.56 Å². The number of unbranched alkanes of at least 4 members (excludes halogenated alkanes) is 1. The number of rotatable bonds is 4. The van der Waals surface area contributed by atoms with E-state index in [9.17, 15) is 4.79 Å². The van der Waals surface area contributed by atoms with Gasteiger partial charge in [-0.2, -0.15) is 0 Å². The number of aryl methyl sites for hydroxylation is 1. The molecule has 0 amide bonds. The average Bonchev–Trinajstić information content (AvgIpc) is 2.29. The molecule has 0 fully saturated rings. The monoisotopic (exact) mass is 279 g/mol. The van der Waals surface area contributed by atoms with Crippen LogP contribution in [0.5, 0.6) is 0 Å². The maximum Gasteiger partial charge on any atom is 0.248 e. The zero-order valence-corrected chi connectivity index (χ0v) is 10.6. The fraction of sp³-hybridized carbons (Fsp3) is 0.308. The summed E-state index contributed by atoms with van der Waals surface area (Å²) in [4.78, 5) is 14.3. The van der Waals surface area contributed by atoms with Crippen molar-refractivity contribution in [2.24, 2.45) is 0 Å². The van der Waals surface area contributed by atoms with Crippen molar-refractivity contribution in [2.75, 3.05) is 5.33 Å². The molecule has 0 spiro atoms. The summed E-state index contributed by atoms with van der Waals surface area (Å²) in [7, 11) is 0. The van der Waals surface area contributed by atoms with Gasteiger partial charge in [0.1, 0.15) is 0 Å². The van der Waals surface area contributed by atoms with Gasteiger partial charge in [-0.3, -0.25) is 4.79 Å². The van der Waals surface area contributed by atoms with Crippen LogP contribution in [0.1, 0.15) is 18.4 Å². The van der Waals surface area contributed by atoms with Crippen LogP contribution >= 0.6 is 15.9 Å². The zero-order valence-electron chi connectivity index (χ0n) is 9.00. The Balaban J connectivity index is 2.38. The van der Waals surface area contributed by atoms with Gasteiger partial charge in [0.25, 0.3) is 0 Å². The van der Waals surface area contributed by atoms with Crippen molar-refractivity contribution in [3.63, 3.8) is 0 Å². The molecule has 1 N–H and O–H groups in total. The van der Waals surface area contributed by atoms with E-state index < -0.39 is 0 Å². The van der Waals surface area contributed by atoms with Crippen molar-refractivity contribution in [3.8, 4) is 0 Å². The van der Waals surface area contributed by atoms with Gasteiger partial charge < -0.3 is 4.98 Å². The lowest BCUT2D eigenvalue weighted by atomic mass is 10.0. The predicted octanol–water partition coefficient (Wildman–Crippen LogP) is 3.25. The second kappa shape index (κ2) is 5.30. The molecule has 2 rings (SSSR count). The molecule has 0 saturated heterocycles. The van der Waals surface area contributed by atoms with Crippen LogP contribution in [0.4, 0.5) is 0 Å². The number of hydrogen-bond acceptors (Lipinski definition) is 1. The van der Waals surface area contributed by atoms with Crippen LogP contribution in [-0.4, -0.2) is 10.3 Å². The third-order valence-electron chi connectivity index (χ3n) is 2.67. The fourth-order valence-electron chi connectivity index (χ4n) is 1.89. The second-order valence-electron chi connectivity index (χ2n) is 3.85. The molecule has 0 aliphatic carbocycles. The van der Waals surface area contributed by atoms with Crippen molar-refractivity contribution in [3.05, 3.63) is 46.2 Å². The van der Waals surface area contributed by atoms with E-state index in [1.807, 2.05) is 18.2 Å². The molecule has 0 bridgehead atoms. The lowest BCUT2D eigenvalue weighted by molar-refractivity contribution is 0.808. The van der Waals surface area contributed by atoms with E-state index in [4.69, 9.17) is 0 Å². The molecule has 0 saturated carbocycles. The first-order chi connectivity index (χ1) is 7.81. The summed E-state index contributed by atoms with van der Waals surface area (Å²) in [6, 6.07) is 9.69. The summed E-state index contributed by atoms with van der Waals surface area (Å²) >= 11 is 3.42. The first-order valence-electron chi connectivity index (χ1n) is 5.48. The Kier molecular flexibility index (Phi) is 3.78. The maximum atomic E-state index is 11.5. The van der Waals surface area contributed by atoms with E-state index in [1.54, 1.807) is 6.07 Å². The highest BCUT2D eigenvalue weighted by Crippen LogP contribution is 2.16. The molecule has 2 nitrogen and oxygen atoms in total. The maximum absolute atomic E-state index is 11.5. The first-order valence-corrected chi connectivity index (χ1v) is 6.60. The normalized spacial score (nSPS) is 10.8. The highest BCUT2D eigenvalue weighted by Gasteiger charge is 2.02. The van der Waals surface area contributed by atoms with E-state index >= 15 is 0 Å². The molecule has 2 aromatic rings. The number of aromatic nitrogens is 1. The smallest absolute Gasteiger partial charge is 0.248 e. The molecule has 3 heteroatoms. The van der Waals surface area contributed by atoms with Gasteiger partial charge in [-0.1, -0.05) is 34.1 Å². The zero-order chi connectivity index (χ0) is 11.4. The van der Waals surface area contributed by atoms with E-state index in [1.165, 1.54) is 0 Å². The van der Waals surface area contributed by atoms with Crippen LogP contribution < -0.4 is 5.56 Å². The quantitative estimate of drug-likeness (QED) is 0.676. The lowest BCUT2D eigenvalue weighted by Gasteiger charge is -2.05. The van der Waals surface area contributed by atoms with Gasteiger partial charge in [0.2, 0.25) is 5.56 Å². The standard InChI is InChI=1S/C13H14BrNO/c14-8-4-3-5-10-9-13(16)15-12-7-2-1-6-11(10)12/h1-2,6-7,9H,3-5,8H2,(H,15,16). The second-order valence-corrected chi connectivity index (χ2v) is 4.64. The number of alkyl halides is 1. The van der Waals surface area contributed by atoms with Crippen molar-refractivity contribution in [1.29, 1.82) is 0 Å². The van der Waals surface area contributed by atoms with Crippen LogP contribution in [0.15, 0.2) is 35.1 Å². The molecular weight excluding hydrogens is 266 g/mol. The van der Waals surface area contributed by atoms with E-state index in [2.05, 4.69) is 27.0 Å². The number of nitrogens with one attached hydrogen (secondary N) is 1. The number of fused-ring (bicyclic) bond motifs is 1. The van der Waals surface area contributed by atoms with E-state index in [0.29, 0.717) is 0 Å². The molecule has 84 valence electrons. The molecule has 1 aromatic heterocycles. The van der Waals surface area contributed by atoms with Gasteiger partial charge in [-0.15, -0.1) is 0 Å². The minimum absolute atomic E-state index is 0.00691. The van der Waals surface area contributed by atoms with Crippen LogP contribution in [0.2, 0.25) is 0 Å². The number of aromatic amines is 1. The van der Waals surface area contributed by atoms with Crippen LogP contribution in [0.3, 0.4) is 0 Å². The summed E-state index contributed by atoms with van der Waals surface area (Å²) in [5.74, 6) is 0. The topological polar surface area (TPSA) is 32.9 Å². The lowest BCUT2D eigenvalue weighted by Crippen LogP contribution is -2.06. The van der Waals surface area contributed by atoms with Gasteiger partial charge in [0, 0.05) is 22.3 Å². The molecule has 1 aromatic carbocycles. The highest BCUT2D eigenvalue weighted by atomic mass is 79.9. The number of halogens is 1. The van der Waals surface area contributed by atoms with Crippen molar-refractivity contribution in [1.82, 2.24) is 4.98 Å². The third kappa shape index (κ3) is 2.53. The average molecular weight is 280 g/mol.